The molecule has 1 aromatic rings. The normalized spacial score (nSPS) is 14.7. The van der Waals surface area contributed by atoms with Crippen molar-refractivity contribution < 1.29 is 24.5 Å². The summed E-state index contributed by atoms with van der Waals surface area (Å²) in [6, 6.07) is 7.54. The minimum atomic E-state index is -0.856. The molecule has 150 valence electrons. The minimum Gasteiger partial charge on any atom is -0.469 e. The van der Waals surface area contributed by atoms with Crippen LogP contribution in [0.4, 0.5) is 0 Å². The average molecular weight is 376 g/mol. The summed E-state index contributed by atoms with van der Waals surface area (Å²) in [6.45, 7) is 2.12. The van der Waals surface area contributed by atoms with Gasteiger partial charge in [-0.1, -0.05) is 62.6 Å². The van der Waals surface area contributed by atoms with Crippen LogP contribution in [-0.2, 0) is 14.3 Å². The van der Waals surface area contributed by atoms with Crippen molar-refractivity contribution in [2.45, 2.75) is 64.1 Å². The molecule has 2 unspecified atom stereocenters. The Labute approximate surface area is 162 Å². The number of benzene rings is 1. The van der Waals surface area contributed by atoms with Gasteiger partial charge in [0.15, 0.2) is 0 Å². The van der Waals surface area contributed by atoms with Gasteiger partial charge in [-0.05, 0) is 30.4 Å². The van der Waals surface area contributed by atoms with Crippen LogP contribution in [0.5, 0.6) is 0 Å². The van der Waals surface area contributed by atoms with E-state index in [4.69, 9.17) is 0 Å². The van der Waals surface area contributed by atoms with Crippen molar-refractivity contribution in [3.05, 3.63) is 41.5 Å². The SMILES string of the molecule is CCCCC[C@H](O)c1ccccc1/C=C/C(C=O)C(O)CCCC(=O)OC. The number of aldehydes is 1. The Kier molecular flexibility index (Phi) is 11.3. The first kappa shape index (κ1) is 23.1. The van der Waals surface area contributed by atoms with E-state index in [1.165, 1.54) is 7.11 Å². The fourth-order valence-corrected chi connectivity index (χ4v) is 2.94. The summed E-state index contributed by atoms with van der Waals surface area (Å²) in [5.74, 6) is -0.987. The third kappa shape index (κ3) is 8.50. The Balaban J connectivity index is 2.72. The van der Waals surface area contributed by atoms with Gasteiger partial charge in [0.2, 0.25) is 0 Å². The lowest BCUT2D eigenvalue weighted by atomic mass is 9.94. The molecule has 0 amide bonds. The maximum Gasteiger partial charge on any atom is 0.305 e. The van der Waals surface area contributed by atoms with Crippen LogP contribution in [0, 0.1) is 5.92 Å². The van der Waals surface area contributed by atoms with Crippen molar-refractivity contribution in [1.29, 1.82) is 0 Å². The van der Waals surface area contributed by atoms with Crippen molar-refractivity contribution in [2.75, 3.05) is 7.11 Å². The lowest BCUT2D eigenvalue weighted by molar-refractivity contribution is -0.140. The van der Waals surface area contributed by atoms with Gasteiger partial charge in [0.1, 0.15) is 6.29 Å². The van der Waals surface area contributed by atoms with Gasteiger partial charge in [-0.2, -0.15) is 0 Å². The van der Waals surface area contributed by atoms with Gasteiger partial charge in [0.05, 0.1) is 25.2 Å². The first-order valence-corrected chi connectivity index (χ1v) is 9.68. The van der Waals surface area contributed by atoms with Gasteiger partial charge in [-0.25, -0.2) is 0 Å². The van der Waals surface area contributed by atoms with Crippen molar-refractivity contribution in [2.24, 2.45) is 5.92 Å². The third-order valence-corrected chi connectivity index (χ3v) is 4.64. The second-order valence-corrected chi connectivity index (χ2v) is 6.75. The van der Waals surface area contributed by atoms with E-state index >= 15 is 0 Å². The zero-order valence-electron chi connectivity index (χ0n) is 16.3. The zero-order chi connectivity index (χ0) is 20.1. The van der Waals surface area contributed by atoms with E-state index in [2.05, 4.69) is 11.7 Å². The molecule has 0 saturated carbocycles. The van der Waals surface area contributed by atoms with Crippen LogP contribution in [0.3, 0.4) is 0 Å². The molecule has 3 atom stereocenters. The number of hydrogen-bond acceptors (Lipinski definition) is 5. The van der Waals surface area contributed by atoms with Crippen LogP contribution < -0.4 is 0 Å². The molecule has 5 heteroatoms. The summed E-state index contributed by atoms with van der Waals surface area (Å²) in [4.78, 5) is 22.5. The van der Waals surface area contributed by atoms with Gasteiger partial charge in [0.25, 0.3) is 0 Å². The van der Waals surface area contributed by atoms with Crippen LogP contribution in [0.15, 0.2) is 30.3 Å². The van der Waals surface area contributed by atoms with E-state index in [1.807, 2.05) is 24.3 Å². The van der Waals surface area contributed by atoms with E-state index < -0.39 is 18.1 Å². The molecule has 0 fully saturated rings. The molecule has 1 rings (SSSR count). The number of esters is 1. The van der Waals surface area contributed by atoms with Gasteiger partial charge >= 0.3 is 5.97 Å². The van der Waals surface area contributed by atoms with Gasteiger partial charge in [0, 0.05) is 6.42 Å². The second kappa shape index (κ2) is 13.2. The highest BCUT2D eigenvalue weighted by molar-refractivity contribution is 5.69. The molecular weight excluding hydrogens is 344 g/mol. The number of unbranched alkanes of at least 4 members (excludes halogenated alkanes) is 2. The fraction of sp³-hybridized carbons (Fsp3) is 0.545. The van der Waals surface area contributed by atoms with Gasteiger partial charge in [-0.3, -0.25) is 4.79 Å². The summed E-state index contributed by atoms with van der Waals surface area (Å²) in [7, 11) is 1.32. The van der Waals surface area contributed by atoms with Gasteiger partial charge < -0.3 is 19.7 Å². The highest BCUT2D eigenvalue weighted by atomic mass is 16.5. The Hall–Kier alpha value is -1.98. The lowest BCUT2D eigenvalue weighted by Gasteiger charge is -2.16. The van der Waals surface area contributed by atoms with E-state index in [-0.39, 0.29) is 12.4 Å². The summed E-state index contributed by atoms with van der Waals surface area (Å²) < 4.78 is 4.57. The molecule has 0 radical (unpaired) electrons. The summed E-state index contributed by atoms with van der Waals surface area (Å²) in [5, 5.41) is 20.7. The number of aliphatic hydroxyl groups excluding tert-OH is 2. The minimum absolute atomic E-state index is 0.218. The third-order valence-electron chi connectivity index (χ3n) is 4.64. The first-order valence-electron chi connectivity index (χ1n) is 9.68. The van der Waals surface area contributed by atoms with E-state index in [1.54, 1.807) is 12.2 Å². The van der Waals surface area contributed by atoms with Crippen molar-refractivity contribution in [3.63, 3.8) is 0 Å². The quantitative estimate of drug-likeness (QED) is 0.310. The van der Waals surface area contributed by atoms with Crippen molar-refractivity contribution >= 4 is 18.3 Å². The monoisotopic (exact) mass is 376 g/mol. The summed E-state index contributed by atoms with van der Waals surface area (Å²) >= 11 is 0. The number of hydrogen-bond donors (Lipinski definition) is 2. The molecular formula is C22H32O5. The molecule has 1 aromatic carbocycles. The summed E-state index contributed by atoms with van der Waals surface area (Å²) in [6.07, 6.45) is 7.61. The molecule has 0 aliphatic heterocycles. The summed E-state index contributed by atoms with van der Waals surface area (Å²) in [5.41, 5.74) is 1.67. The number of aliphatic hydroxyl groups is 2. The molecule has 0 saturated heterocycles. The van der Waals surface area contributed by atoms with E-state index in [0.29, 0.717) is 25.5 Å². The highest BCUT2D eigenvalue weighted by Gasteiger charge is 2.17. The fourth-order valence-electron chi connectivity index (χ4n) is 2.94. The van der Waals surface area contributed by atoms with Crippen LogP contribution in [0.25, 0.3) is 6.08 Å². The molecule has 0 aliphatic rings. The van der Waals surface area contributed by atoms with Crippen molar-refractivity contribution in [1.82, 2.24) is 0 Å². The van der Waals surface area contributed by atoms with Crippen molar-refractivity contribution in [3.8, 4) is 0 Å². The highest BCUT2D eigenvalue weighted by Crippen LogP contribution is 2.25. The smallest absolute Gasteiger partial charge is 0.305 e. The van der Waals surface area contributed by atoms with E-state index in [0.717, 1.165) is 30.4 Å². The van der Waals surface area contributed by atoms with Crippen LogP contribution in [0.2, 0.25) is 0 Å². The number of methoxy groups -OCH3 is 1. The second-order valence-electron chi connectivity index (χ2n) is 6.75. The Bertz CT molecular complexity index is 596. The predicted molar refractivity (Wildman–Crippen MR) is 106 cm³/mol. The van der Waals surface area contributed by atoms with Crippen LogP contribution >= 0.6 is 0 Å². The molecule has 0 aliphatic carbocycles. The number of carbonyl (C=O) groups is 2. The van der Waals surface area contributed by atoms with Gasteiger partial charge in [-0.15, -0.1) is 0 Å². The average Bonchev–Trinajstić information content (AvgIpc) is 2.68. The topological polar surface area (TPSA) is 83.8 Å². The predicted octanol–water partition coefficient (Wildman–Crippen LogP) is 3.83. The standard InChI is InChI=1S/C22H32O5/c1-3-4-5-11-21(25)19-10-7-6-9-17(19)14-15-18(16-23)20(24)12-8-13-22(26)27-2/h6-7,9-10,14-16,18,20-21,24-25H,3-5,8,11-13H2,1-2H3/b15-14+/t18?,20?,21-/m0/s1. The molecule has 2 N–H and O–H groups in total. The first-order chi connectivity index (χ1) is 13.0. The molecule has 5 nitrogen and oxygen atoms in total. The Morgan fingerprint density at radius 1 is 1.15 bits per heavy atom. The molecule has 27 heavy (non-hydrogen) atoms. The number of rotatable bonds is 13. The van der Waals surface area contributed by atoms with E-state index in [9.17, 15) is 19.8 Å². The maximum atomic E-state index is 11.4. The molecule has 0 heterocycles. The molecule has 0 spiro atoms. The van der Waals surface area contributed by atoms with Crippen LogP contribution in [0.1, 0.15) is 69.1 Å². The molecule has 0 aromatic heterocycles. The number of carbonyl (C=O) groups excluding carboxylic acids is 2. The van der Waals surface area contributed by atoms with Crippen LogP contribution in [-0.4, -0.2) is 35.7 Å². The molecule has 0 bridgehead atoms. The Morgan fingerprint density at radius 3 is 2.56 bits per heavy atom. The number of ether oxygens (including phenoxy) is 1. The zero-order valence-corrected chi connectivity index (χ0v) is 16.3. The Morgan fingerprint density at radius 2 is 1.89 bits per heavy atom. The lowest BCUT2D eigenvalue weighted by Crippen LogP contribution is -2.20. The largest absolute Gasteiger partial charge is 0.469 e. The maximum absolute atomic E-state index is 11.4.